The minimum atomic E-state index is -2.32. The van der Waals surface area contributed by atoms with E-state index >= 15 is 0 Å². The van der Waals surface area contributed by atoms with Crippen LogP contribution in [0.3, 0.4) is 0 Å². The molecule has 0 saturated heterocycles. The molecular formula is C6H10N6O2. The Balaban J connectivity index is 2.92. The second-order valence-corrected chi connectivity index (χ2v) is 2.43. The number of nitrogen functional groups attached to an aromatic ring is 2. The van der Waals surface area contributed by atoms with Gasteiger partial charge in [0, 0.05) is 0 Å². The van der Waals surface area contributed by atoms with Crippen molar-refractivity contribution in [3.05, 3.63) is 12.7 Å². The normalized spacial score (nSPS) is 11.0. The lowest BCUT2D eigenvalue weighted by Crippen LogP contribution is -2.36. The summed E-state index contributed by atoms with van der Waals surface area (Å²) in [6.07, 6.45) is 0.850. The first-order chi connectivity index (χ1) is 6.43. The quantitative estimate of drug-likeness (QED) is 0.285. The van der Waals surface area contributed by atoms with Crippen molar-refractivity contribution in [2.75, 3.05) is 16.8 Å². The molecule has 0 saturated carbocycles. The summed E-state index contributed by atoms with van der Waals surface area (Å²) in [6, 6.07) is 0. The fraction of sp³-hybridized carbons (Fsp3) is 0.167. The Kier molecular flexibility index (Phi) is 2.49. The van der Waals surface area contributed by atoms with Crippen molar-refractivity contribution in [2.45, 2.75) is 5.91 Å². The van der Waals surface area contributed by atoms with Crippen molar-refractivity contribution < 1.29 is 10.2 Å². The smallest absolute Gasteiger partial charge is 0.267 e. The van der Waals surface area contributed by atoms with Gasteiger partial charge in [0.1, 0.15) is 0 Å². The Morgan fingerprint density at radius 1 is 1.21 bits per heavy atom. The van der Waals surface area contributed by atoms with E-state index in [1.54, 1.807) is 0 Å². The molecule has 1 aromatic heterocycles. The molecule has 0 aliphatic carbocycles. The minimum Gasteiger partial charge on any atom is -0.368 e. The maximum Gasteiger partial charge on any atom is 0.267 e. The van der Waals surface area contributed by atoms with Crippen molar-refractivity contribution in [2.24, 2.45) is 0 Å². The second-order valence-electron chi connectivity index (χ2n) is 2.43. The highest BCUT2D eigenvalue weighted by molar-refractivity contribution is 5.38. The fourth-order valence-corrected chi connectivity index (χ4v) is 0.681. The molecule has 0 aromatic carbocycles. The van der Waals surface area contributed by atoms with E-state index in [0.29, 0.717) is 0 Å². The SMILES string of the molecule is C=CC(O)(O)Nc1nc(N)nc(N)n1. The van der Waals surface area contributed by atoms with Gasteiger partial charge in [-0.25, -0.2) is 0 Å². The van der Waals surface area contributed by atoms with Crippen LogP contribution in [0.2, 0.25) is 0 Å². The van der Waals surface area contributed by atoms with Crippen LogP contribution in [0.4, 0.5) is 17.8 Å². The molecule has 1 rings (SSSR count). The first-order valence-electron chi connectivity index (χ1n) is 3.56. The Morgan fingerprint density at radius 2 is 1.71 bits per heavy atom. The number of nitrogens with two attached hydrogens (primary N) is 2. The number of aromatic nitrogens is 3. The van der Waals surface area contributed by atoms with Gasteiger partial charge < -0.3 is 21.7 Å². The lowest BCUT2D eigenvalue weighted by molar-refractivity contribution is -0.0921. The Bertz CT molecular complexity index is 332. The minimum absolute atomic E-state index is 0.125. The first kappa shape index (κ1) is 10.2. The topological polar surface area (TPSA) is 143 Å². The number of anilines is 3. The highest BCUT2D eigenvalue weighted by Crippen LogP contribution is 2.08. The van der Waals surface area contributed by atoms with Gasteiger partial charge in [0.25, 0.3) is 5.91 Å². The summed E-state index contributed by atoms with van der Waals surface area (Å²) in [5.41, 5.74) is 10.5. The van der Waals surface area contributed by atoms with Crippen LogP contribution in [0.5, 0.6) is 0 Å². The molecule has 0 bridgehead atoms. The highest BCUT2D eigenvalue weighted by Gasteiger charge is 2.19. The second kappa shape index (κ2) is 3.44. The summed E-state index contributed by atoms with van der Waals surface area (Å²) in [7, 11) is 0. The van der Waals surface area contributed by atoms with Crippen LogP contribution in [-0.2, 0) is 0 Å². The van der Waals surface area contributed by atoms with Gasteiger partial charge in [0.2, 0.25) is 17.8 Å². The summed E-state index contributed by atoms with van der Waals surface area (Å²) in [5, 5.41) is 20.3. The van der Waals surface area contributed by atoms with E-state index in [0.717, 1.165) is 6.08 Å². The van der Waals surface area contributed by atoms with Gasteiger partial charge in [-0.15, -0.1) is 0 Å². The van der Waals surface area contributed by atoms with Gasteiger partial charge in [0.05, 0.1) is 0 Å². The molecule has 1 aromatic rings. The van der Waals surface area contributed by atoms with E-state index in [-0.39, 0.29) is 17.8 Å². The van der Waals surface area contributed by atoms with Gasteiger partial charge in [-0.2, -0.15) is 15.0 Å². The van der Waals surface area contributed by atoms with Gasteiger partial charge in [0.15, 0.2) is 0 Å². The molecule has 7 N–H and O–H groups in total. The summed E-state index contributed by atoms with van der Waals surface area (Å²) in [5.74, 6) is -2.72. The fourth-order valence-electron chi connectivity index (χ4n) is 0.681. The number of aliphatic hydroxyl groups is 2. The highest BCUT2D eigenvalue weighted by atomic mass is 16.5. The molecule has 76 valence electrons. The lowest BCUT2D eigenvalue weighted by atomic mass is 10.5. The van der Waals surface area contributed by atoms with Crippen molar-refractivity contribution >= 4 is 17.8 Å². The molecule has 0 amide bonds. The van der Waals surface area contributed by atoms with Crippen LogP contribution in [0.25, 0.3) is 0 Å². The zero-order chi connectivity index (χ0) is 10.8. The predicted octanol–water partition coefficient (Wildman–Crippen LogP) is -1.73. The van der Waals surface area contributed by atoms with Gasteiger partial charge in [-0.05, 0) is 6.08 Å². The maximum absolute atomic E-state index is 9.10. The van der Waals surface area contributed by atoms with Crippen molar-refractivity contribution in [1.29, 1.82) is 0 Å². The molecule has 0 aliphatic heterocycles. The predicted molar refractivity (Wildman–Crippen MR) is 49.6 cm³/mol. The number of nitrogens with one attached hydrogen (secondary N) is 1. The zero-order valence-electron chi connectivity index (χ0n) is 7.18. The van der Waals surface area contributed by atoms with E-state index < -0.39 is 5.91 Å². The summed E-state index contributed by atoms with van der Waals surface area (Å²) in [4.78, 5) is 10.6. The standard InChI is InChI=1S/C6H10N6O2/c1-2-6(13,14)12-5-10-3(7)9-4(8)11-5/h2,13-14H,1H2,(H5,7,8,9,10,11,12). The molecule has 0 aliphatic rings. The van der Waals surface area contributed by atoms with Crippen LogP contribution < -0.4 is 16.8 Å². The molecule has 1 heterocycles. The summed E-state index contributed by atoms with van der Waals surface area (Å²) < 4.78 is 0. The number of rotatable bonds is 3. The van der Waals surface area contributed by atoms with E-state index in [2.05, 4.69) is 26.8 Å². The van der Waals surface area contributed by atoms with Crippen molar-refractivity contribution in [3.63, 3.8) is 0 Å². The van der Waals surface area contributed by atoms with E-state index in [4.69, 9.17) is 21.7 Å². The van der Waals surface area contributed by atoms with Gasteiger partial charge >= 0.3 is 0 Å². The lowest BCUT2D eigenvalue weighted by Gasteiger charge is -2.17. The van der Waals surface area contributed by atoms with Crippen molar-refractivity contribution in [3.8, 4) is 0 Å². The third-order valence-electron chi connectivity index (χ3n) is 1.25. The van der Waals surface area contributed by atoms with E-state index in [1.165, 1.54) is 0 Å². The molecule has 8 heteroatoms. The largest absolute Gasteiger partial charge is 0.368 e. The Morgan fingerprint density at radius 3 is 2.14 bits per heavy atom. The molecule has 14 heavy (non-hydrogen) atoms. The molecule has 0 atom stereocenters. The van der Waals surface area contributed by atoms with E-state index in [1.807, 2.05) is 0 Å². The van der Waals surface area contributed by atoms with Gasteiger partial charge in [-0.1, -0.05) is 6.58 Å². The average Bonchev–Trinajstić information content (AvgIpc) is 2.01. The van der Waals surface area contributed by atoms with Crippen LogP contribution in [-0.4, -0.2) is 31.1 Å². The summed E-state index contributed by atoms with van der Waals surface area (Å²) >= 11 is 0. The van der Waals surface area contributed by atoms with Crippen LogP contribution in [0.15, 0.2) is 12.7 Å². The maximum atomic E-state index is 9.10. The zero-order valence-corrected chi connectivity index (χ0v) is 7.18. The molecule has 0 fully saturated rings. The number of hydrogen-bond donors (Lipinski definition) is 5. The van der Waals surface area contributed by atoms with E-state index in [9.17, 15) is 0 Å². The summed E-state index contributed by atoms with van der Waals surface area (Å²) in [6.45, 7) is 3.18. The molecule has 0 unspecified atom stereocenters. The van der Waals surface area contributed by atoms with Crippen LogP contribution >= 0.6 is 0 Å². The van der Waals surface area contributed by atoms with Crippen LogP contribution in [0.1, 0.15) is 0 Å². The third kappa shape index (κ3) is 2.54. The Hall–Kier alpha value is -1.93. The van der Waals surface area contributed by atoms with Crippen molar-refractivity contribution in [1.82, 2.24) is 15.0 Å². The monoisotopic (exact) mass is 198 g/mol. The molecule has 8 nitrogen and oxygen atoms in total. The van der Waals surface area contributed by atoms with Gasteiger partial charge in [-0.3, -0.25) is 5.32 Å². The molecular weight excluding hydrogens is 188 g/mol. The molecule has 0 spiro atoms. The molecule has 0 radical (unpaired) electrons. The Labute approximate surface area is 79.3 Å². The third-order valence-corrected chi connectivity index (χ3v) is 1.25. The number of hydrogen-bond acceptors (Lipinski definition) is 8. The average molecular weight is 198 g/mol. The first-order valence-corrected chi connectivity index (χ1v) is 3.56. The van der Waals surface area contributed by atoms with Crippen LogP contribution in [0, 0.1) is 0 Å². The number of nitrogens with zero attached hydrogens (tertiary/aromatic N) is 3.